The maximum absolute atomic E-state index is 11.2. The van der Waals surface area contributed by atoms with E-state index in [1.54, 1.807) is 13.2 Å². The monoisotopic (exact) mass is 293 g/mol. The number of benzene rings is 1. The minimum absolute atomic E-state index is 0.233. The second-order valence-corrected chi connectivity index (χ2v) is 10.5. The molecule has 0 aromatic heterocycles. The van der Waals surface area contributed by atoms with Gasteiger partial charge in [0.2, 0.25) is 14.4 Å². The van der Waals surface area contributed by atoms with Crippen molar-refractivity contribution in [3.8, 4) is 0 Å². The van der Waals surface area contributed by atoms with Crippen LogP contribution in [0.25, 0.3) is 0 Å². The van der Waals surface area contributed by atoms with Gasteiger partial charge < -0.3 is 4.43 Å². The zero-order chi connectivity index (χ0) is 15.3. The Morgan fingerprint density at radius 1 is 1.30 bits per heavy atom. The van der Waals surface area contributed by atoms with Crippen LogP contribution in [-0.2, 0) is 4.43 Å². The zero-order valence-corrected chi connectivity index (χ0v) is 13.8. The highest BCUT2D eigenvalue weighted by Gasteiger charge is 2.30. The summed E-state index contributed by atoms with van der Waals surface area (Å²) in [4.78, 5) is 10.9. The van der Waals surface area contributed by atoms with Gasteiger partial charge in [-0.25, -0.2) is 0 Å². The van der Waals surface area contributed by atoms with Gasteiger partial charge in [-0.3, -0.25) is 10.1 Å². The predicted molar refractivity (Wildman–Crippen MR) is 83.8 cm³/mol. The molecule has 0 radical (unpaired) electrons. The number of hydrogen-bond donors (Lipinski definition) is 0. The third kappa shape index (κ3) is 4.81. The van der Waals surface area contributed by atoms with Crippen molar-refractivity contribution >= 4 is 8.32 Å². The Bertz CT molecular complexity index is 480. The SMILES string of the molecule is C/C(=C\O[Si](C)(C)C)[C@@H](c1ccccc1)[C@H](C)[N+](=O)[O-]. The molecule has 0 heterocycles. The largest absolute Gasteiger partial charge is 0.550 e. The Balaban J connectivity index is 3.09. The molecular formula is C15H23NO3Si. The minimum atomic E-state index is -1.68. The number of hydrogen-bond acceptors (Lipinski definition) is 3. The summed E-state index contributed by atoms with van der Waals surface area (Å²) < 4.78 is 5.78. The Morgan fingerprint density at radius 3 is 2.30 bits per heavy atom. The highest BCUT2D eigenvalue weighted by molar-refractivity contribution is 6.69. The molecule has 1 aromatic rings. The number of rotatable bonds is 6. The molecule has 1 aromatic carbocycles. The molecule has 20 heavy (non-hydrogen) atoms. The lowest BCUT2D eigenvalue weighted by molar-refractivity contribution is -0.520. The van der Waals surface area contributed by atoms with Crippen LogP contribution < -0.4 is 0 Å². The molecule has 0 N–H and O–H groups in total. The fraction of sp³-hybridized carbons (Fsp3) is 0.467. The van der Waals surface area contributed by atoms with Crippen molar-refractivity contribution in [2.75, 3.05) is 0 Å². The van der Waals surface area contributed by atoms with Crippen LogP contribution in [0.5, 0.6) is 0 Å². The molecule has 2 atom stereocenters. The second kappa shape index (κ2) is 6.70. The van der Waals surface area contributed by atoms with Gasteiger partial charge in [0.15, 0.2) is 0 Å². The van der Waals surface area contributed by atoms with Gasteiger partial charge in [-0.15, -0.1) is 0 Å². The molecule has 0 aliphatic heterocycles. The van der Waals surface area contributed by atoms with E-state index in [0.29, 0.717) is 0 Å². The lowest BCUT2D eigenvalue weighted by Gasteiger charge is -2.22. The standard InChI is InChI=1S/C15H23NO3Si/c1-12(11-19-20(3,4)5)15(13(2)16(17)18)14-9-7-6-8-10-14/h6-11,13,15H,1-5H3/b12-11+/t13-,15+/m0/s1. The van der Waals surface area contributed by atoms with Gasteiger partial charge in [0.25, 0.3) is 0 Å². The van der Waals surface area contributed by atoms with E-state index in [2.05, 4.69) is 19.6 Å². The molecule has 0 amide bonds. The Morgan fingerprint density at radius 2 is 1.85 bits per heavy atom. The molecule has 0 aliphatic rings. The van der Waals surface area contributed by atoms with E-state index in [9.17, 15) is 10.1 Å². The van der Waals surface area contributed by atoms with Crippen LogP contribution in [0.4, 0.5) is 0 Å². The first-order chi connectivity index (χ1) is 9.22. The minimum Gasteiger partial charge on any atom is -0.550 e. The van der Waals surface area contributed by atoms with Crippen LogP contribution in [0, 0.1) is 10.1 Å². The Labute approximate surface area is 121 Å². The molecule has 1 rings (SSSR count). The summed E-state index contributed by atoms with van der Waals surface area (Å²) in [7, 11) is -1.68. The van der Waals surface area contributed by atoms with E-state index < -0.39 is 14.4 Å². The molecule has 0 spiro atoms. The van der Waals surface area contributed by atoms with Crippen molar-refractivity contribution < 1.29 is 9.35 Å². The van der Waals surface area contributed by atoms with Crippen molar-refractivity contribution in [3.05, 3.63) is 57.8 Å². The van der Waals surface area contributed by atoms with Crippen LogP contribution in [0.2, 0.25) is 19.6 Å². The summed E-state index contributed by atoms with van der Waals surface area (Å²) in [6, 6.07) is 8.89. The number of nitrogens with zero attached hydrogens (tertiary/aromatic N) is 1. The summed E-state index contributed by atoms with van der Waals surface area (Å²) >= 11 is 0. The van der Waals surface area contributed by atoms with Gasteiger partial charge >= 0.3 is 0 Å². The molecule has 0 saturated heterocycles. The van der Waals surface area contributed by atoms with Crippen molar-refractivity contribution in [2.24, 2.45) is 0 Å². The molecule has 5 heteroatoms. The summed E-state index contributed by atoms with van der Waals surface area (Å²) in [5, 5.41) is 11.2. The molecular weight excluding hydrogens is 270 g/mol. The number of nitro groups is 1. The first-order valence-corrected chi connectivity index (χ1v) is 10.2. The van der Waals surface area contributed by atoms with Gasteiger partial charge in [-0.1, -0.05) is 30.3 Å². The van der Waals surface area contributed by atoms with Gasteiger partial charge in [0, 0.05) is 11.8 Å². The molecule has 4 nitrogen and oxygen atoms in total. The predicted octanol–water partition coefficient (Wildman–Crippen LogP) is 4.19. The van der Waals surface area contributed by atoms with E-state index >= 15 is 0 Å². The Hall–Kier alpha value is -1.62. The normalized spacial score (nSPS) is 15.6. The lowest BCUT2D eigenvalue weighted by atomic mass is 9.87. The molecule has 110 valence electrons. The highest BCUT2D eigenvalue weighted by Crippen LogP contribution is 2.29. The topological polar surface area (TPSA) is 52.4 Å². The summed E-state index contributed by atoms with van der Waals surface area (Å²) in [5.74, 6) is -0.262. The van der Waals surface area contributed by atoms with Crippen LogP contribution >= 0.6 is 0 Å². The maximum atomic E-state index is 11.2. The van der Waals surface area contributed by atoms with Gasteiger partial charge in [-0.05, 0) is 37.7 Å². The first-order valence-electron chi connectivity index (χ1n) is 6.75. The molecule has 0 aliphatic carbocycles. The van der Waals surface area contributed by atoms with Crippen LogP contribution in [-0.4, -0.2) is 19.3 Å². The summed E-state index contributed by atoms with van der Waals surface area (Å²) in [5.41, 5.74) is 1.84. The molecule has 0 unspecified atom stereocenters. The average Bonchev–Trinajstić information content (AvgIpc) is 2.37. The van der Waals surface area contributed by atoms with E-state index in [0.717, 1.165) is 11.1 Å². The van der Waals surface area contributed by atoms with E-state index in [1.165, 1.54) is 0 Å². The molecule has 0 bridgehead atoms. The first kappa shape index (κ1) is 16.4. The van der Waals surface area contributed by atoms with Crippen LogP contribution in [0.3, 0.4) is 0 Å². The average molecular weight is 293 g/mol. The zero-order valence-electron chi connectivity index (χ0n) is 12.8. The van der Waals surface area contributed by atoms with Gasteiger partial charge in [0.05, 0.1) is 12.2 Å². The quantitative estimate of drug-likeness (QED) is 0.342. The van der Waals surface area contributed by atoms with Crippen LogP contribution in [0.1, 0.15) is 25.3 Å². The van der Waals surface area contributed by atoms with Crippen LogP contribution in [0.15, 0.2) is 42.2 Å². The van der Waals surface area contributed by atoms with Crippen molar-refractivity contribution in [1.82, 2.24) is 0 Å². The lowest BCUT2D eigenvalue weighted by Crippen LogP contribution is -2.27. The molecule has 0 fully saturated rings. The fourth-order valence-electron chi connectivity index (χ4n) is 2.05. The van der Waals surface area contributed by atoms with E-state index in [4.69, 9.17) is 4.43 Å². The van der Waals surface area contributed by atoms with E-state index in [-0.39, 0.29) is 10.8 Å². The smallest absolute Gasteiger partial charge is 0.241 e. The van der Waals surface area contributed by atoms with Gasteiger partial charge in [-0.2, -0.15) is 0 Å². The Kier molecular flexibility index (Phi) is 5.50. The highest BCUT2D eigenvalue weighted by atomic mass is 28.4. The summed E-state index contributed by atoms with van der Waals surface area (Å²) in [6.07, 6.45) is 1.71. The maximum Gasteiger partial charge on any atom is 0.241 e. The second-order valence-electron chi connectivity index (χ2n) is 6.01. The van der Waals surface area contributed by atoms with Crippen molar-refractivity contribution in [1.29, 1.82) is 0 Å². The van der Waals surface area contributed by atoms with Crippen molar-refractivity contribution in [2.45, 2.75) is 45.4 Å². The van der Waals surface area contributed by atoms with E-state index in [1.807, 2.05) is 37.3 Å². The fourth-order valence-corrected chi connectivity index (χ4v) is 2.59. The third-order valence-corrected chi connectivity index (χ3v) is 3.89. The van der Waals surface area contributed by atoms with Gasteiger partial charge in [0.1, 0.15) is 0 Å². The molecule has 0 saturated carbocycles. The van der Waals surface area contributed by atoms with Crippen molar-refractivity contribution in [3.63, 3.8) is 0 Å². The third-order valence-electron chi connectivity index (χ3n) is 3.06. The summed E-state index contributed by atoms with van der Waals surface area (Å²) in [6.45, 7) is 9.81.